The Morgan fingerprint density at radius 2 is 2.07 bits per heavy atom. The van der Waals surface area contributed by atoms with Crippen LogP contribution in [-0.2, 0) is 4.74 Å². The Bertz CT molecular complexity index is 951. The molecule has 1 amide bonds. The SMILES string of the molecule is O=C(c1ccn[nH]1)N1CCC(Oc2cccc3c2ccn3C2CCOC2)CC1. The normalized spacial score (nSPS) is 20.7. The van der Waals surface area contributed by atoms with Crippen molar-refractivity contribution >= 4 is 16.8 Å². The number of piperidine rings is 1. The summed E-state index contributed by atoms with van der Waals surface area (Å²) >= 11 is 0. The molecule has 5 rings (SSSR count). The highest BCUT2D eigenvalue weighted by molar-refractivity contribution is 5.92. The van der Waals surface area contributed by atoms with Gasteiger partial charge >= 0.3 is 0 Å². The summed E-state index contributed by atoms with van der Waals surface area (Å²) in [4.78, 5) is 14.3. The minimum absolute atomic E-state index is 0.00825. The van der Waals surface area contributed by atoms with Crippen LogP contribution in [0.2, 0.25) is 0 Å². The Kier molecular flexibility index (Phi) is 4.52. The van der Waals surface area contributed by atoms with Crippen molar-refractivity contribution in [3.8, 4) is 5.75 Å². The van der Waals surface area contributed by atoms with Crippen LogP contribution in [0.1, 0.15) is 35.8 Å². The average Bonchev–Trinajstić information content (AvgIpc) is 3.49. The second-order valence-electron chi connectivity index (χ2n) is 7.51. The van der Waals surface area contributed by atoms with E-state index in [1.54, 1.807) is 12.3 Å². The highest BCUT2D eigenvalue weighted by Crippen LogP contribution is 2.32. The van der Waals surface area contributed by atoms with E-state index in [9.17, 15) is 4.79 Å². The summed E-state index contributed by atoms with van der Waals surface area (Å²) in [6, 6.07) is 10.5. The van der Waals surface area contributed by atoms with E-state index in [-0.39, 0.29) is 12.0 Å². The van der Waals surface area contributed by atoms with Crippen molar-refractivity contribution in [1.29, 1.82) is 0 Å². The lowest BCUT2D eigenvalue weighted by atomic mass is 10.1. The topological polar surface area (TPSA) is 72.4 Å². The number of carbonyl (C=O) groups excluding carboxylic acids is 1. The van der Waals surface area contributed by atoms with E-state index in [1.165, 1.54) is 5.52 Å². The molecule has 1 atom stereocenters. The number of benzene rings is 1. The fourth-order valence-corrected chi connectivity index (χ4v) is 4.22. The van der Waals surface area contributed by atoms with Crippen LogP contribution in [0.25, 0.3) is 10.9 Å². The molecule has 0 bridgehead atoms. The summed E-state index contributed by atoms with van der Waals surface area (Å²) in [6.45, 7) is 2.99. The number of ether oxygens (including phenoxy) is 2. The van der Waals surface area contributed by atoms with E-state index in [2.05, 4.69) is 39.2 Å². The first-order chi connectivity index (χ1) is 13.8. The van der Waals surface area contributed by atoms with Gasteiger partial charge in [0.1, 0.15) is 17.5 Å². The predicted octanol–water partition coefficient (Wildman–Crippen LogP) is 3.01. The third kappa shape index (κ3) is 3.16. The van der Waals surface area contributed by atoms with Crippen LogP contribution in [0.15, 0.2) is 42.7 Å². The van der Waals surface area contributed by atoms with E-state index in [0.29, 0.717) is 24.8 Å². The number of nitrogens with zero attached hydrogens (tertiary/aromatic N) is 3. The number of hydrogen-bond donors (Lipinski definition) is 1. The van der Waals surface area contributed by atoms with Crippen molar-refractivity contribution < 1.29 is 14.3 Å². The van der Waals surface area contributed by atoms with Gasteiger partial charge in [-0.25, -0.2) is 0 Å². The number of H-pyrrole nitrogens is 1. The van der Waals surface area contributed by atoms with Crippen LogP contribution >= 0.6 is 0 Å². The highest BCUT2D eigenvalue weighted by Gasteiger charge is 2.26. The summed E-state index contributed by atoms with van der Waals surface area (Å²) in [5, 5.41) is 7.75. The van der Waals surface area contributed by atoms with Crippen molar-refractivity contribution in [3.05, 3.63) is 48.4 Å². The smallest absolute Gasteiger partial charge is 0.271 e. The number of aromatic nitrogens is 3. The molecule has 2 aliphatic heterocycles. The van der Waals surface area contributed by atoms with E-state index in [0.717, 1.165) is 43.6 Å². The number of likely N-dealkylation sites (tertiary alicyclic amines) is 1. The lowest BCUT2D eigenvalue weighted by Crippen LogP contribution is -2.41. The average molecular weight is 380 g/mol. The Morgan fingerprint density at radius 1 is 1.18 bits per heavy atom. The van der Waals surface area contributed by atoms with Gasteiger partial charge in [0.15, 0.2) is 0 Å². The van der Waals surface area contributed by atoms with Crippen molar-refractivity contribution in [3.63, 3.8) is 0 Å². The van der Waals surface area contributed by atoms with Crippen LogP contribution in [-0.4, -0.2) is 58.0 Å². The predicted molar refractivity (Wildman–Crippen MR) is 105 cm³/mol. The van der Waals surface area contributed by atoms with Crippen molar-refractivity contribution in [2.45, 2.75) is 31.4 Å². The fourth-order valence-electron chi connectivity index (χ4n) is 4.22. The molecule has 2 aliphatic rings. The molecule has 4 heterocycles. The summed E-state index contributed by atoms with van der Waals surface area (Å²) < 4.78 is 14.2. The van der Waals surface area contributed by atoms with Crippen molar-refractivity contribution in [2.24, 2.45) is 0 Å². The standard InChI is InChI=1S/C21H24N4O3/c26-21(18-4-9-22-23-18)24-10-5-16(6-11-24)28-20-3-1-2-19-17(20)7-12-25(19)15-8-13-27-14-15/h1-4,7,9,12,15-16H,5-6,8,10-11,13-14H2,(H,22,23). The molecule has 2 saturated heterocycles. The Hall–Kier alpha value is -2.80. The molecule has 1 unspecified atom stereocenters. The summed E-state index contributed by atoms with van der Waals surface area (Å²) in [6.07, 6.45) is 6.57. The number of amides is 1. The molecule has 7 nitrogen and oxygen atoms in total. The van der Waals surface area contributed by atoms with Gasteiger partial charge in [-0.15, -0.1) is 0 Å². The Morgan fingerprint density at radius 3 is 2.82 bits per heavy atom. The second-order valence-corrected chi connectivity index (χ2v) is 7.51. The lowest BCUT2D eigenvalue weighted by molar-refractivity contribution is 0.0592. The first kappa shape index (κ1) is 17.3. The molecule has 2 aromatic heterocycles. The Balaban J connectivity index is 1.27. The van der Waals surface area contributed by atoms with Gasteiger partial charge in [-0.05, 0) is 30.7 Å². The lowest BCUT2D eigenvalue weighted by Gasteiger charge is -2.32. The van der Waals surface area contributed by atoms with E-state index >= 15 is 0 Å². The molecule has 3 aromatic rings. The van der Waals surface area contributed by atoms with Crippen LogP contribution < -0.4 is 4.74 Å². The summed E-state index contributed by atoms with van der Waals surface area (Å²) in [5.74, 6) is 0.933. The second kappa shape index (κ2) is 7.31. The fraction of sp³-hybridized carbons (Fsp3) is 0.429. The Labute approximate surface area is 163 Å². The molecule has 0 radical (unpaired) electrons. The van der Waals surface area contributed by atoms with E-state index in [4.69, 9.17) is 9.47 Å². The van der Waals surface area contributed by atoms with Gasteiger partial charge in [0, 0.05) is 50.3 Å². The number of aromatic amines is 1. The molecule has 0 spiro atoms. The van der Waals surface area contributed by atoms with Gasteiger partial charge in [0.05, 0.1) is 18.2 Å². The van der Waals surface area contributed by atoms with Gasteiger partial charge < -0.3 is 18.9 Å². The maximum Gasteiger partial charge on any atom is 0.271 e. The minimum Gasteiger partial charge on any atom is -0.490 e. The molecule has 0 saturated carbocycles. The number of rotatable bonds is 4. The summed E-state index contributed by atoms with van der Waals surface area (Å²) in [7, 11) is 0. The number of hydrogen-bond acceptors (Lipinski definition) is 4. The largest absolute Gasteiger partial charge is 0.490 e. The zero-order valence-corrected chi connectivity index (χ0v) is 15.7. The van der Waals surface area contributed by atoms with Crippen LogP contribution in [0, 0.1) is 0 Å². The quantitative estimate of drug-likeness (QED) is 0.755. The first-order valence-electron chi connectivity index (χ1n) is 9.92. The van der Waals surface area contributed by atoms with E-state index in [1.807, 2.05) is 11.0 Å². The molecule has 0 aliphatic carbocycles. The van der Waals surface area contributed by atoms with Gasteiger partial charge in [0.25, 0.3) is 5.91 Å². The number of fused-ring (bicyclic) bond motifs is 1. The molecule has 28 heavy (non-hydrogen) atoms. The van der Waals surface area contributed by atoms with Crippen molar-refractivity contribution in [1.82, 2.24) is 19.7 Å². The van der Waals surface area contributed by atoms with Crippen LogP contribution in [0.3, 0.4) is 0 Å². The highest BCUT2D eigenvalue weighted by atomic mass is 16.5. The molecular weight excluding hydrogens is 356 g/mol. The van der Waals surface area contributed by atoms with Crippen molar-refractivity contribution in [2.75, 3.05) is 26.3 Å². The van der Waals surface area contributed by atoms with E-state index < -0.39 is 0 Å². The van der Waals surface area contributed by atoms with Gasteiger partial charge in [-0.3, -0.25) is 9.89 Å². The molecular formula is C21H24N4O3. The minimum atomic E-state index is 0.00825. The molecule has 7 heteroatoms. The van der Waals surface area contributed by atoms with Crippen LogP contribution in [0.5, 0.6) is 5.75 Å². The van der Waals surface area contributed by atoms with Gasteiger partial charge in [0.2, 0.25) is 0 Å². The third-order valence-corrected chi connectivity index (χ3v) is 5.78. The number of nitrogens with one attached hydrogen (secondary N) is 1. The number of carbonyl (C=O) groups is 1. The maximum atomic E-state index is 12.4. The summed E-state index contributed by atoms with van der Waals surface area (Å²) in [5.41, 5.74) is 1.74. The third-order valence-electron chi connectivity index (χ3n) is 5.78. The monoisotopic (exact) mass is 380 g/mol. The van der Waals surface area contributed by atoms with Gasteiger partial charge in [-0.2, -0.15) is 5.10 Å². The first-order valence-corrected chi connectivity index (χ1v) is 9.92. The van der Waals surface area contributed by atoms with Gasteiger partial charge in [-0.1, -0.05) is 6.07 Å². The zero-order chi connectivity index (χ0) is 18.9. The zero-order valence-electron chi connectivity index (χ0n) is 15.7. The molecule has 1 N–H and O–H groups in total. The maximum absolute atomic E-state index is 12.4. The molecule has 146 valence electrons. The molecule has 1 aromatic carbocycles. The molecule has 2 fully saturated rings. The van der Waals surface area contributed by atoms with Crippen LogP contribution in [0.4, 0.5) is 0 Å².